The minimum absolute atomic E-state index is 0.0605. The zero-order valence-electron chi connectivity index (χ0n) is 22.1. The van der Waals surface area contributed by atoms with E-state index in [9.17, 15) is 48.9 Å². The second kappa shape index (κ2) is 12.5. The highest BCUT2D eigenvalue weighted by atomic mass is 31.3. The topological polar surface area (TPSA) is 306 Å². The highest BCUT2D eigenvalue weighted by Crippen LogP contribution is 2.60. The molecule has 2 amide bonds. The number of aromatic nitrogens is 1. The quantitative estimate of drug-likeness (QED) is 0.0877. The van der Waals surface area contributed by atoms with Crippen molar-refractivity contribution in [3.8, 4) is 0 Å². The van der Waals surface area contributed by atoms with Crippen LogP contribution >= 0.6 is 15.6 Å². The zero-order valence-corrected chi connectivity index (χ0v) is 23.9. The van der Waals surface area contributed by atoms with Gasteiger partial charge in [-0.05, 0) is 6.07 Å². The van der Waals surface area contributed by atoms with Crippen LogP contribution in [0.25, 0.3) is 0 Å². The maximum atomic E-state index is 12.4. The van der Waals surface area contributed by atoms with Crippen molar-refractivity contribution < 1.29 is 76.3 Å². The van der Waals surface area contributed by atoms with E-state index in [1.165, 1.54) is 34.0 Å². The first-order valence-corrected chi connectivity index (χ1v) is 15.6. The molecule has 44 heavy (non-hydrogen) atoms. The molecule has 0 aromatic carbocycles. The van der Waals surface area contributed by atoms with Crippen molar-refractivity contribution in [2.75, 3.05) is 13.2 Å². The van der Waals surface area contributed by atoms with Crippen LogP contribution in [0, 0.1) is 0 Å². The Morgan fingerprint density at radius 2 is 1.66 bits per heavy atom. The molecule has 2 saturated heterocycles. The molecule has 0 bridgehead atoms. The number of rotatable bonds is 11. The summed E-state index contributed by atoms with van der Waals surface area (Å²) in [5, 5.41) is 41.5. The van der Waals surface area contributed by atoms with Crippen molar-refractivity contribution in [3.05, 3.63) is 30.1 Å². The summed E-state index contributed by atoms with van der Waals surface area (Å²) in [6, 6.07) is 1.76. The minimum atomic E-state index is -5.39. The number of carbonyl (C=O) groups is 2. The Bertz CT molecular complexity index is 1490. The van der Waals surface area contributed by atoms with Crippen molar-refractivity contribution in [2.45, 2.75) is 55.1 Å². The number of fused-ring (bicyclic) bond motifs is 1. The van der Waals surface area contributed by atoms with Gasteiger partial charge in [-0.1, -0.05) is 0 Å². The Labute approximate surface area is 246 Å². The van der Waals surface area contributed by atoms with E-state index in [2.05, 4.69) is 28.3 Å². The van der Waals surface area contributed by atoms with Gasteiger partial charge in [0.05, 0.1) is 19.6 Å². The molecule has 8 N–H and O–H groups in total. The third-order valence-corrected chi connectivity index (χ3v) is 9.42. The molecule has 0 saturated carbocycles. The summed E-state index contributed by atoms with van der Waals surface area (Å²) < 4.78 is 50.6. The summed E-state index contributed by atoms with van der Waals surface area (Å²) in [7, 11) is -10.8. The number of nitrogens with two attached hydrogens (primary N) is 1. The van der Waals surface area contributed by atoms with E-state index >= 15 is 0 Å². The second-order valence-corrected chi connectivity index (χ2v) is 12.8. The summed E-state index contributed by atoms with van der Waals surface area (Å²) in [5.74, 6) is -1.33. The molecule has 1 aromatic rings. The number of phosphoric acid groups is 2. The van der Waals surface area contributed by atoms with E-state index in [0.717, 1.165) is 12.7 Å². The summed E-state index contributed by atoms with van der Waals surface area (Å²) in [5.41, 5.74) is 5.30. The molecule has 11 atom stereocenters. The van der Waals surface area contributed by atoms with Crippen LogP contribution < -0.4 is 10.3 Å². The number of hydrogen-bond acceptors (Lipinski definition) is 16. The summed E-state index contributed by atoms with van der Waals surface area (Å²) in [6.07, 6.45) is -7.33. The lowest BCUT2D eigenvalue weighted by molar-refractivity contribution is -0.765. The molecule has 4 aliphatic rings. The number of ether oxygens (including phenoxy) is 2. The Morgan fingerprint density at radius 3 is 2.32 bits per heavy atom. The molecule has 0 spiro atoms. The molecular formula is C21H27N6O15P2+. The highest BCUT2D eigenvalue weighted by Gasteiger charge is 2.51. The number of primary amides is 1. The molecule has 23 heteroatoms. The monoisotopic (exact) mass is 665 g/mol. The average Bonchev–Trinajstić information content (AvgIpc) is 3.61. The van der Waals surface area contributed by atoms with Gasteiger partial charge in [0.15, 0.2) is 30.8 Å². The Morgan fingerprint density at radius 1 is 1.02 bits per heavy atom. The molecule has 240 valence electrons. The van der Waals surface area contributed by atoms with E-state index in [1.807, 2.05) is 0 Å². The van der Waals surface area contributed by atoms with Gasteiger partial charge in [0, 0.05) is 6.07 Å². The molecule has 21 nitrogen and oxygen atoms in total. The normalized spacial score (nSPS) is 35.8. The third-order valence-electron chi connectivity index (χ3n) is 6.82. The van der Waals surface area contributed by atoms with Crippen LogP contribution in [-0.4, -0.2) is 128 Å². The molecule has 0 aliphatic carbocycles. The number of amidine groups is 1. The SMILES string of the molecule is NC(=O)c1ccc[n+](C2OC(COP(=O)(O)OP(=O)(O)OCC3OC(N4C=NC5C(=O)N=CN=C54)C(O)C3O)C(O)C2O)c1. The maximum Gasteiger partial charge on any atom is 0.481 e. The largest absolute Gasteiger partial charge is 0.481 e. The molecule has 11 unspecified atom stereocenters. The number of amides is 2. The summed E-state index contributed by atoms with van der Waals surface area (Å²) in [4.78, 5) is 55.8. The van der Waals surface area contributed by atoms with Crippen LogP contribution in [0.1, 0.15) is 16.6 Å². The first-order chi connectivity index (χ1) is 20.7. The Hall–Kier alpha value is -2.88. The van der Waals surface area contributed by atoms with Gasteiger partial charge in [-0.25, -0.2) is 14.1 Å². The second-order valence-electron chi connectivity index (χ2n) is 9.75. The van der Waals surface area contributed by atoms with Gasteiger partial charge in [-0.3, -0.25) is 28.5 Å². The first-order valence-electron chi connectivity index (χ1n) is 12.6. The van der Waals surface area contributed by atoms with Gasteiger partial charge in [0.1, 0.15) is 48.3 Å². The lowest BCUT2D eigenvalue weighted by atomic mass is 10.1. The van der Waals surface area contributed by atoms with E-state index in [4.69, 9.17) is 15.2 Å². The summed E-state index contributed by atoms with van der Waals surface area (Å²) in [6.45, 7) is -1.84. The van der Waals surface area contributed by atoms with Crippen LogP contribution in [0.2, 0.25) is 0 Å². The van der Waals surface area contributed by atoms with Gasteiger partial charge < -0.3 is 45.4 Å². The maximum absolute atomic E-state index is 12.4. The van der Waals surface area contributed by atoms with Crippen molar-refractivity contribution >= 4 is 46.0 Å². The number of aliphatic imine (C=N–C) groups is 3. The fourth-order valence-corrected chi connectivity index (χ4v) is 6.74. The zero-order chi connectivity index (χ0) is 32.0. The van der Waals surface area contributed by atoms with Crippen LogP contribution in [0.3, 0.4) is 0 Å². The molecule has 5 rings (SSSR count). The first kappa shape index (κ1) is 32.5. The predicted octanol–water partition coefficient (Wildman–Crippen LogP) is -3.93. The number of aliphatic hydroxyl groups is 4. The van der Waals surface area contributed by atoms with Crippen molar-refractivity contribution in [1.29, 1.82) is 0 Å². The van der Waals surface area contributed by atoms with Crippen molar-refractivity contribution in [1.82, 2.24) is 4.90 Å². The van der Waals surface area contributed by atoms with Crippen LogP contribution in [0.15, 0.2) is 39.5 Å². The van der Waals surface area contributed by atoms with Crippen molar-refractivity contribution in [2.24, 2.45) is 20.7 Å². The smallest absolute Gasteiger partial charge is 0.387 e. The molecule has 5 heterocycles. The average molecular weight is 665 g/mol. The van der Waals surface area contributed by atoms with Crippen LogP contribution in [0.4, 0.5) is 0 Å². The fourth-order valence-electron chi connectivity index (χ4n) is 4.65. The Kier molecular flexibility index (Phi) is 9.23. The number of aliphatic hydroxyl groups excluding tert-OH is 4. The van der Waals surface area contributed by atoms with E-state index in [1.54, 1.807) is 0 Å². The highest BCUT2D eigenvalue weighted by molar-refractivity contribution is 7.61. The van der Waals surface area contributed by atoms with Gasteiger partial charge in [-0.15, -0.1) is 0 Å². The molecular weight excluding hydrogens is 638 g/mol. The van der Waals surface area contributed by atoms with Crippen molar-refractivity contribution in [3.63, 3.8) is 0 Å². The van der Waals surface area contributed by atoms with Gasteiger partial charge in [0.2, 0.25) is 0 Å². The van der Waals surface area contributed by atoms with Gasteiger partial charge in [-0.2, -0.15) is 13.9 Å². The number of carbonyl (C=O) groups excluding carboxylic acids is 2. The summed E-state index contributed by atoms with van der Waals surface area (Å²) >= 11 is 0. The molecule has 1 aromatic heterocycles. The number of hydrogen-bond donors (Lipinski definition) is 7. The standard InChI is InChI=1S/C21H26N6O15P2/c22-17(32)9-2-1-3-26(4-9)20-15(30)13(28)10(40-20)5-38-43(34,35)42-44(36,37)39-6-11-14(29)16(31)21(41-11)27-8-25-12-18(27)23-7-24-19(12)33/h1-4,7-8,10-16,20-21,28-31H,5-6H2,(H3-,22,32,34,35,36,37)/p+1. The van der Waals surface area contributed by atoms with E-state index in [0.29, 0.717) is 0 Å². The van der Waals surface area contributed by atoms with Gasteiger partial charge >= 0.3 is 15.6 Å². The Balaban J connectivity index is 1.14. The van der Waals surface area contributed by atoms with E-state index in [-0.39, 0.29) is 11.4 Å². The minimum Gasteiger partial charge on any atom is -0.387 e. The number of pyridine rings is 1. The third kappa shape index (κ3) is 6.70. The lowest BCUT2D eigenvalue weighted by Crippen LogP contribution is -2.48. The van der Waals surface area contributed by atoms with Gasteiger partial charge in [0.25, 0.3) is 18.0 Å². The van der Waals surface area contributed by atoms with E-state index < -0.39 is 95.8 Å². The number of nitrogens with zero attached hydrogens (tertiary/aromatic N) is 5. The molecule has 0 radical (unpaired) electrons. The predicted molar refractivity (Wildman–Crippen MR) is 139 cm³/mol. The number of phosphoric ester groups is 2. The molecule has 4 aliphatic heterocycles. The lowest BCUT2D eigenvalue weighted by Gasteiger charge is -2.26. The van der Waals surface area contributed by atoms with Crippen LogP contribution in [0.5, 0.6) is 0 Å². The van der Waals surface area contributed by atoms with Crippen LogP contribution in [-0.2, 0) is 36.8 Å². The fraction of sp³-hybridized carbons (Fsp3) is 0.524. The molecule has 2 fully saturated rings.